The van der Waals surface area contributed by atoms with Gasteiger partial charge in [0.15, 0.2) is 0 Å². The standard InChI is InChI=1S/C24H24Cl2FNO2/c25-17-7-5-15(21(26)12-17)10-14-2-1-3-22-19(8-4-14)20-13-18(27)11-16(24(20)28-22)6-9-23(29)30/h5,7,11-14,28H,1-4,6,8-10H2,(H,29,30). The van der Waals surface area contributed by atoms with E-state index in [1.165, 1.54) is 11.6 Å². The van der Waals surface area contributed by atoms with E-state index in [-0.39, 0.29) is 12.2 Å². The normalized spacial score (nSPS) is 16.8. The molecule has 0 spiro atoms. The van der Waals surface area contributed by atoms with Crippen molar-refractivity contribution in [3.05, 3.63) is 68.6 Å². The van der Waals surface area contributed by atoms with E-state index in [1.807, 2.05) is 12.1 Å². The number of carboxylic acid groups (broad SMARTS) is 1. The summed E-state index contributed by atoms with van der Waals surface area (Å²) in [6, 6.07) is 8.72. The zero-order chi connectivity index (χ0) is 21.3. The molecule has 0 saturated carbocycles. The Kier molecular flexibility index (Phi) is 6.35. The number of nitrogens with one attached hydrogen (secondary N) is 1. The van der Waals surface area contributed by atoms with Crippen molar-refractivity contribution in [2.24, 2.45) is 5.92 Å². The summed E-state index contributed by atoms with van der Waals surface area (Å²) in [5, 5.41) is 11.3. The Bertz CT molecular complexity index is 1090. The molecule has 2 N–H and O–H groups in total. The third-order valence-electron chi connectivity index (χ3n) is 6.12. The highest BCUT2D eigenvalue weighted by molar-refractivity contribution is 6.35. The topological polar surface area (TPSA) is 53.1 Å². The van der Waals surface area contributed by atoms with Gasteiger partial charge in [-0.25, -0.2) is 4.39 Å². The zero-order valence-electron chi connectivity index (χ0n) is 16.6. The van der Waals surface area contributed by atoms with Crippen molar-refractivity contribution in [1.82, 2.24) is 4.98 Å². The van der Waals surface area contributed by atoms with Gasteiger partial charge in [0, 0.05) is 33.1 Å². The molecule has 0 bridgehead atoms. The van der Waals surface area contributed by atoms with Crippen LogP contribution in [0.3, 0.4) is 0 Å². The maximum absolute atomic E-state index is 14.3. The van der Waals surface area contributed by atoms with Crippen LogP contribution in [-0.4, -0.2) is 16.1 Å². The number of halogens is 3. The molecule has 158 valence electrons. The number of hydrogen-bond acceptors (Lipinski definition) is 1. The van der Waals surface area contributed by atoms with Gasteiger partial charge >= 0.3 is 5.97 Å². The van der Waals surface area contributed by atoms with Gasteiger partial charge in [-0.2, -0.15) is 0 Å². The number of benzene rings is 2. The molecule has 1 aromatic heterocycles. The number of aromatic nitrogens is 1. The molecule has 0 fully saturated rings. The van der Waals surface area contributed by atoms with Crippen LogP contribution in [0.1, 0.15) is 48.1 Å². The maximum atomic E-state index is 14.3. The minimum absolute atomic E-state index is 0.00777. The van der Waals surface area contributed by atoms with Crippen molar-refractivity contribution in [3.8, 4) is 0 Å². The Labute approximate surface area is 185 Å². The Morgan fingerprint density at radius 1 is 1.13 bits per heavy atom. The summed E-state index contributed by atoms with van der Waals surface area (Å²) in [5.74, 6) is -0.681. The SMILES string of the molecule is O=C(O)CCc1cc(F)cc2c3c([nH]c12)CCCC(Cc1ccc(Cl)cc1Cl)CC3. The van der Waals surface area contributed by atoms with Crippen LogP contribution in [0.4, 0.5) is 4.39 Å². The van der Waals surface area contributed by atoms with Crippen molar-refractivity contribution in [3.63, 3.8) is 0 Å². The van der Waals surface area contributed by atoms with Gasteiger partial charge in [0.1, 0.15) is 5.82 Å². The summed E-state index contributed by atoms with van der Waals surface area (Å²) in [4.78, 5) is 14.5. The molecular weight excluding hydrogens is 424 g/mol. The number of fused-ring (bicyclic) bond motifs is 3. The monoisotopic (exact) mass is 447 g/mol. The lowest BCUT2D eigenvalue weighted by Crippen LogP contribution is -2.11. The summed E-state index contributed by atoms with van der Waals surface area (Å²) >= 11 is 12.4. The Balaban J connectivity index is 1.59. The van der Waals surface area contributed by atoms with Crippen LogP contribution in [0, 0.1) is 11.7 Å². The number of carbonyl (C=O) groups is 1. The molecule has 4 rings (SSSR count). The first-order valence-electron chi connectivity index (χ1n) is 10.4. The molecule has 3 nitrogen and oxygen atoms in total. The highest BCUT2D eigenvalue weighted by atomic mass is 35.5. The summed E-state index contributed by atoms with van der Waals surface area (Å²) in [5.41, 5.74) is 5.08. The number of aryl methyl sites for hydroxylation is 3. The third kappa shape index (κ3) is 4.65. The summed E-state index contributed by atoms with van der Waals surface area (Å²) in [6.45, 7) is 0. The molecule has 1 heterocycles. The highest BCUT2D eigenvalue weighted by Crippen LogP contribution is 2.34. The van der Waals surface area contributed by atoms with Crippen molar-refractivity contribution >= 4 is 40.1 Å². The summed E-state index contributed by atoms with van der Waals surface area (Å²) in [6.07, 6.45) is 6.15. The fourth-order valence-electron chi connectivity index (χ4n) is 4.64. The van der Waals surface area contributed by atoms with Crippen LogP contribution in [0.2, 0.25) is 10.0 Å². The maximum Gasteiger partial charge on any atom is 0.303 e. The Morgan fingerprint density at radius 2 is 1.97 bits per heavy atom. The van der Waals surface area contributed by atoms with Crippen molar-refractivity contribution in [1.29, 1.82) is 0 Å². The first-order chi connectivity index (χ1) is 14.4. The molecule has 0 amide bonds. The molecule has 0 saturated heterocycles. The van der Waals surface area contributed by atoms with E-state index < -0.39 is 5.97 Å². The second-order valence-corrected chi connectivity index (χ2v) is 9.04. The predicted molar refractivity (Wildman–Crippen MR) is 119 cm³/mol. The minimum Gasteiger partial charge on any atom is -0.481 e. The molecule has 1 atom stereocenters. The van der Waals surface area contributed by atoms with Crippen LogP contribution < -0.4 is 0 Å². The predicted octanol–water partition coefficient (Wildman–Crippen LogP) is 6.76. The van der Waals surface area contributed by atoms with Crippen LogP contribution in [-0.2, 0) is 30.5 Å². The van der Waals surface area contributed by atoms with Gasteiger partial charge in [-0.15, -0.1) is 0 Å². The lowest BCUT2D eigenvalue weighted by atomic mass is 9.85. The van der Waals surface area contributed by atoms with E-state index in [2.05, 4.69) is 4.98 Å². The van der Waals surface area contributed by atoms with E-state index in [0.717, 1.165) is 66.2 Å². The number of rotatable bonds is 5. The van der Waals surface area contributed by atoms with Gasteiger partial charge in [-0.1, -0.05) is 29.3 Å². The lowest BCUT2D eigenvalue weighted by Gasteiger charge is -2.21. The first kappa shape index (κ1) is 21.2. The average Bonchev–Trinajstić information content (AvgIpc) is 3.00. The Morgan fingerprint density at radius 3 is 2.73 bits per heavy atom. The fourth-order valence-corrected chi connectivity index (χ4v) is 5.12. The number of H-pyrrole nitrogens is 1. The number of aliphatic carboxylic acids is 1. The molecule has 0 radical (unpaired) electrons. The van der Waals surface area contributed by atoms with Gasteiger partial charge in [-0.3, -0.25) is 4.79 Å². The van der Waals surface area contributed by atoms with E-state index in [0.29, 0.717) is 22.4 Å². The quantitative estimate of drug-likeness (QED) is 0.453. The van der Waals surface area contributed by atoms with E-state index >= 15 is 0 Å². The largest absolute Gasteiger partial charge is 0.481 e. The molecule has 30 heavy (non-hydrogen) atoms. The van der Waals surface area contributed by atoms with Crippen molar-refractivity contribution in [2.75, 3.05) is 0 Å². The number of carboxylic acids is 1. The molecule has 0 aliphatic heterocycles. The van der Waals surface area contributed by atoms with Gasteiger partial charge < -0.3 is 10.1 Å². The van der Waals surface area contributed by atoms with Gasteiger partial charge in [0.25, 0.3) is 0 Å². The lowest BCUT2D eigenvalue weighted by molar-refractivity contribution is -0.136. The van der Waals surface area contributed by atoms with Crippen LogP contribution in [0.25, 0.3) is 10.9 Å². The summed E-state index contributed by atoms with van der Waals surface area (Å²) < 4.78 is 14.3. The van der Waals surface area contributed by atoms with Gasteiger partial charge in [0.2, 0.25) is 0 Å². The van der Waals surface area contributed by atoms with Crippen molar-refractivity contribution in [2.45, 2.75) is 51.4 Å². The number of hydrogen-bond donors (Lipinski definition) is 2. The summed E-state index contributed by atoms with van der Waals surface area (Å²) in [7, 11) is 0. The Hall–Kier alpha value is -2.04. The second-order valence-electron chi connectivity index (χ2n) is 8.20. The zero-order valence-corrected chi connectivity index (χ0v) is 18.1. The van der Waals surface area contributed by atoms with E-state index in [1.54, 1.807) is 12.1 Å². The van der Waals surface area contributed by atoms with Crippen LogP contribution >= 0.6 is 23.2 Å². The average molecular weight is 448 g/mol. The van der Waals surface area contributed by atoms with E-state index in [4.69, 9.17) is 28.3 Å². The highest BCUT2D eigenvalue weighted by Gasteiger charge is 2.21. The van der Waals surface area contributed by atoms with Crippen LogP contribution in [0.15, 0.2) is 30.3 Å². The fraction of sp³-hybridized carbons (Fsp3) is 0.375. The van der Waals surface area contributed by atoms with E-state index in [9.17, 15) is 9.18 Å². The van der Waals surface area contributed by atoms with Gasteiger partial charge in [-0.05, 0) is 91.8 Å². The third-order valence-corrected chi connectivity index (χ3v) is 6.71. The minimum atomic E-state index is -0.874. The second kappa shape index (κ2) is 8.99. The first-order valence-corrected chi connectivity index (χ1v) is 11.1. The smallest absolute Gasteiger partial charge is 0.303 e. The van der Waals surface area contributed by atoms with Gasteiger partial charge in [0.05, 0.1) is 0 Å². The molecule has 6 heteroatoms. The molecule has 1 unspecified atom stereocenters. The molecule has 1 aliphatic rings. The molecule has 3 aromatic rings. The van der Waals surface area contributed by atoms with Crippen molar-refractivity contribution < 1.29 is 14.3 Å². The molecule has 2 aromatic carbocycles. The molecule has 1 aliphatic carbocycles. The number of aromatic amines is 1. The molecular formula is C24H24Cl2FNO2. The van der Waals surface area contributed by atoms with Crippen LogP contribution in [0.5, 0.6) is 0 Å².